The highest BCUT2D eigenvalue weighted by molar-refractivity contribution is 7.99. The monoisotopic (exact) mass is 323 g/mol. The second-order valence-electron chi connectivity index (χ2n) is 4.35. The quantitative estimate of drug-likeness (QED) is 0.592. The number of hydrogen-bond acceptors (Lipinski definition) is 6. The Morgan fingerprint density at radius 1 is 1.45 bits per heavy atom. The highest BCUT2D eigenvalue weighted by Crippen LogP contribution is 2.27. The van der Waals surface area contributed by atoms with Crippen molar-refractivity contribution in [3.8, 4) is 11.3 Å². The van der Waals surface area contributed by atoms with Crippen molar-refractivity contribution in [3.63, 3.8) is 0 Å². The number of aliphatic carboxylic acids is 1. The average molecular weight is 323 g/mol. The second kappa shape index (κ2) is 6.94. The van der Waals surface area contributed by atoms with E-state index in [1.54, 1.807) is 30.3 Å². The molecule has 8 nitrogen and oxygen atoms in total. The molecule has 22 heavy (non-hydrogen) atoms. The van der Waals surface area contributed by atoms with Crippen LogP contribution in [0.1, 0.15) is 6.92 Å². The number of hydrogen-bond donors (Lipinski definition) is 2. The summed E-state index contributed by atoms with van der Waals surface area (Å²) in [4.78, 5) is 22.3. The number of aromatic nitrogens is 2. The predicted octanol–water partition coefficient (Wildman–Crippen LogP) is 0.656. The average Bonchev–Trinajstić information content (AvgIpc) is 2.84. The lowest BCUT2D eigenvalue weighted by atomic mass is 10.2. The SMILES string of the molecule is CC(=O)N[C@@H](CSc1no[n+]([O-])c1-c1ccccc1)C(=O)O. The molecule has 0 aliphatic rings. The van der Waals surface area contributed by atoms with Crippen LogP contribution >= 0.6 is 11.8 Å². The van der Waals surface area contributed by atoms with Crippen molar-refractivity contribution in [2.45, 2.75) is 18.0 Å². The molecule has 0 fully saturated rings. The van der Waals surface area contributed by atoms with Gasteiger partial charge in [0.05, 0.1) is 5.16 Å². The summed E-state index contributed by atoms with van der Waals surface area (Å²) in [6, 6.07) is 7.67. The van der Waals surface area contributed by atoms with Crippen LogP contribution in [0.5, 0.6) is 0 Å². The van der Waals surface area contributed by atoms with Gasteiger partial charge in [-0.2, -0.15) is 0 Å². The van der Waals surface area contributed by atoms with E-state index in [-0.39, 0.29) is 21.4 Å². The van der Waals surface area contributed by atoms with E-state index >= 15 is 0 Å². The van der Waals surface area contributed by atoms with Gasteiger partial charge in [0, 0.05) is 18.2 Å². The third-order valence-electron chi connectivity index (χ3n) is 2.69. The molecular formula is C13H13N3O5S. The minimum Gasteiger partial charge on any atom is -0.480 e. The Morgan fingerprint density at radius 3 is 2.73 bits per heavy atom. The maximum absolute atomic E-state index is 11.7. The molecule has 1 aromatic carbocycles. The second-order valence-corrected chi connectivity index (χ2v) is 5.36. The van der Waals surface area contributed by atoms with E-state index in [4.69, 9.17) is 5.11 Å². The van der Waals surface area contributed by atoms with E-state index in [9.17, 15) is 14.8 Å². The van der Waals surface area contributed by atoms with Gasteiger partial charge in [0.1, 0.15) is 6.04 Å². The van der Waals surface area contributed by atoms with Crippen molar-refractivity contribution < 1.29 is 24.2 Å². The van der Waals surface area contributed by atoms with Crippen LogP contribution in [0.4, 0.5) is 0 Å². The standard InChI is InChI=1S/C13H13N3O5S/c1-8(17)14-10(13(18)19)7-22-12-11(16(20)21-15-12)9-5-3-2-4-6-9/h2-6,10H,7H2,1H3,(H,14,17)(H,18,19)/t10-/m0/s1. The van der Waals surface area contributed by atoms with Crippen molar-refractivity contribution >= 4 is 23.6 Å². The molecule has 0 saturated heterocycles. The fourth-order valence-corrected chi connectivity index (χ4v) is 2.70. The van der Waals surface area contributed by atoms with E-state index in [0.29, 0.717) is 5.56 Å². The van der Waals surface area contributed by atoms with Gasteiger partial charge in [0.2, 0.25) is 11.6 Å². The number of nitrogens with zero attached hydrogens (tertiary/aromatic N) is 2. The van der Waals surface area contributed by atoms with Crippen LogP contribution in [0, 0.1) is 5.21 Å². The van der Waals surface area contributed by atoms with Gasteiger partial charge in [-0.15, -0.1) is 0 Å². The number of thioether (sulfide) groups is 1. The lowest BCUT2D eigenvalue weighted by molar-refractivity contribution is -0.793. The molecule has 9 heteroatoms. The van der Waals surface area contributed by atoms with Gasteiger partial charge in [-0.05, 0) is 4.90 Å². The Kier molecular flexibility index (Phi) is 4.99. The van der Waals surface area contributed by atoms with Crippen LogP contribution in [0.25, 0.3) is 11.3 Å². The van der Waals surface area contributed by atoms with Crippen LogP contribution < -0.4 is 10.2 Å². The third-order valence-corrected chi connectivity index (χ3v) is 3.73. The van der Waals surface area contributed by atoms with Gasteiger partial charge in [-0.1, -0.05) is 42.1 Å². The minimum atomic E-state index is -1.16. The van der Waals surface area contributed by atoms with Crippen molar-refractivity contribution in [1.82, 2.24) is 10.5 Å². The predicted molar refractivity (Wildman–Crippen MR) is 76.9 cm³/mol. The Balaban J connectivity index is 2.17. The molecule has 0 aliphatic heterocycles. The normalized spacial score (nSPS) is 11.9. The summed E-state index contributed by atoms with van der Waals surface area (Å²) in [6.45, 7) is 1.23. The van der Waals surface area contributed by atoms with E-state index < -0.39 is 17.9 Å². The van der Waals surface area contributed by atoms with Crippen LogP contribution in [-0.4, -0.2) is 33.9 Å². The number of amides is 1. The van der Waals surface area contributed by atoms with Crippen LogP contribution in [0.15, 0.2) is 40.0 Å². The molecule has 1 amide bonds. The smallest absolute Gasteiger partial charge is 0.327 e. The molecule has 0 bridgehead atoms. The van der Waals surface area contributed by atoms with E-state index in [1.165, 1.54) is 6.92 Å². The molecule has 2 aromatic rings. The molecular weight excluding hydrogens is 310 g/mol. The number of nitrogens with one attached hydrogen (secondary N) is 1. The molecule has 0 aliphatic carbocycles. The zero-order valence-corrected chi connectivity index (χ0v) is 12.4. The lowest BCUT2D eigenvalue weighted by Gasteiger charge is -2.10. The van der Waals surface area contributed by atoms with Gasteiger partial charge < -0.3 is 15.6 Å². The summed E-state index contributed by atoms with van der Waals surface area (Å²) < 4.78 is 4.58. The number of carbonyl (C=O) groups excluding carboxylic acids is 1. The number of rotatable bonds is 6. The third kappa shape index (κ3) is 3.76. The first-order valence-electron chi connectivity index (χ1n) is 6.27. The van der Waals surface area contributed by atoms with E-state index in [1.807, 2.05) is 0 Å². The first-order valence-corrected chi connectivity index (χ1v) is 7.25. The summed E-state index contributed by atoms with van der Waals surface area (Å²) in [5.41, 5.74) is 0.810. The topological polar surface area (TPSA) is 119 Å². The maximum Gasteiger partial charge on any atom is 0.327 e. The van der Waals surface area contributed by atoms with Crippen LogP contribution in [0.2, 0.25) is 0 Å². The van der Waals surface area contributed by atoms with E-state index in [0.717, 1.165) is 11.8 Å². The largest absolute Gasteiger partial charge is 0.480 e. The first kappa shape index (κ1) is 15.8. The summed E-state index contributed by atoms with van der Waals surface area (Å²) in [7, 11) is 0. The van der Waals surface area contributed by atoms with Crippen molar-refractivity contribution in [1.29, 1.82) is 0 Å². The molecule has 2 N–H and O–H groups in total. The summed E-state index contributed by atoms with van der Waals surface area (Å²) in [6.07, 6.45) is 0. The molecule has 116 valence electrons. The number of carbonyl (C=O) groups is 2. The van der Waals surface area contributed by atoms with Crippen molar-refractivity contribution in [2.75, 3.05) is 5.75 Å². The van der Waals surface area contributed by atoms with Gasteiger partial charge in [-0.25, -0.2) is 4.79 Å². The summed E-state index contributed by atoms with van der Waals surface area (Å²) >= 11 is 1.02. The highest BCUT2D eigenvalue weighted by atomic mass is 32.2. The summed E-state index contributed by atoms with van der Waals surface area (Å²) in [5.74, 6) is -1.60. The Morgan fingerprint density at radius 2 is 2.14 bits per heavy atom. The highest BCUT2D eigenvalue weighted by Gasteiger charge is 2.25. The zero-order chi connectivity index (χ0) is 16.1. The van der Waals surface area contributed by atoms with Crippen molar-refractivity contribution in [2.24, 2.45) is 0 Å². The Hall–Kier alpha value is -2.55. The van der Waals surface area contributed by atoms with E-state index in [2.05, 4.69) is 15.1 Å². The van der Waals surface area contributed by atoms with Crippen molar-refractivity contribution in [3.05, 3.63) is 35.5 Å². The maximum atomic E-state index is 11.7. The molecule has 0 saturated carbocycles. The molecule has 1 aromatic heterocycles. The Bertz CT molecular complexity index is 674. The minimum absolute atomic E-state index is 0.0152. The molecule has 1 atom stereocenters. The Labute approximate surface area is 129 Å². The van der Waals surface area contributed by atoms with Crippen LogP contribution in [-0.2, 0) is 9.59 Å². The van der Waals surface area contributed by atoms with Gasteiger partial charge in [0.25, 0.3) is 5.03 Å². The molecule has 0 spiro atoms. The molecule has 0 unspecified atom stereocenters. The van der Waals surface area contributed by atoms with Gasteiger partial charge in [0.15, 0.2) is 0 Å². The zero-order valence-electron chi connectivity index (χ0n) is 11.6. The molecule has 1 heterocycles. The van der Waals surface area contributed by atoms with Crippen LogP contribution in [0.3, 0.4) is 0 Å². The number of benzene rings is 1. The fraction of sp³-hybridized carbons (Fsp3) is 0.231. The number of carboxylic acids is 1. The van der Waals surface area contributed by atoms with Gasteiger partial charge in [-0.3, -0.25) is 9.42 Å². The lowest BCUT2D eigenvalue weighted by Crippen LogP contribution is -2.41. The first-order chi connectivity index (χ1) is 10.5. The molecule has 0 radical (unpaired) electrons. The summed E-state index contributed by atoms with van der Waals surface area (Å²) in [5, 5.41) is 26.9. The van der Waals surface area contributed by atoms with Gasteiger partial charge >= 0.3 is 5.97 Å². The fourth-order valence-electron chi connectivity index (χ4n) is 1.74. The molecule has 2 rings (SSSR count). The number of carboxylic acid groups (broad SMARTS) is 1.